The molecule has 0 aromatic rings. The third-order valence-corrected chi connectivity index (χ3v) is 2.65. The van der Waals surface area contributed by atoms with Gasteiger partial charge in [0.15, 0.2) is 5.60 Å². The van der Waals surface area contributed by atoms with Crippen molar-refractivity contribution in [3.05, 3.63) is 6.92 Å². The zero-order chi connectivity index (χ0) is 9.64. The maximum absolute atomic E-state index is 11.3. The van der Waals surface area contributed by atoms with E-state index in [9.17, 15) is 15.0 Å². The molecule has 72 valence electrons. The van der Waals surface area contributed by atoms with Gasteiger partial charge < -0.3 is 20.3 Å². The minimum absolute atomic E-state index is 0.345. The fourth-order valence-electron chi connectivity index (χ4n) is 1.86. The average Bonchev–Trinajstić information content (AvgIpc) is 2.54. The van der Waals surface area contributed by atoms with Gasteiger partial charge in [-0.2, -0.15) is 0 Å². The van der Waals surface area contributed by atoms with E-state index in [1.54, 1.807) is 0 Å². The van der Waals surface area contributed by atoms with Crippen molar-refractivity contribution in [2.75, 3.05) is 6.54 Å². The predicted molar refractivity (Wildman–Crippen MR) is 41.5 cm³/mol. The highest BCUT2D eigenvalue weighted by molar-refractivity contribution is 5.88. The number of carbonyl (C=O) groups excluding carboxylic acids is 1. The summed E-state index contributed by atoms with van der Waals surface area (Å²) in [7, 11) is 0. The van der Waals surface area contributed by atoms with Crippen LogP contribution in [0, 0.1) is 6.92 Å². The quantitative estimate of drug-likeness (QED) is 0.411. The van der Waals surface area contributed by atoms with Crippen LogP contribution in [0.15, 0.2) is 0 Å². The van der Waals surface area contributed by atoms with Crippen LogP contribution in [-0.4, -0.2) is 46.6 Å². The standard InChI is InChI=1S/C8H11NO4/c1-4-5(10)6(11)8(13-4)2-3-9-7(8)12/h1,4-6,10-11H,2-3H2,(H,9,12)/t4-,5?,6+,8?/m0/s1. The molecule has 4 atom stereocenters. The third-order valence-electron chi connectivity index (χ3n) is 2.65. The summed E-state index contributed by atoms with van der Waals surface area (Å²) in [5, 5.41) is 21.4. The van der Waals surface area contributed by atoms with Gasteiger partial charge in [0, 0.05) is 13.0 Å². The molecule has 2 rings (SSSR count). The normalized spacial score (nSPS) is 50.1. The highest BCUT2D eigenvalue weighted by Gasteiger charge is 2.59. The Morgan fingerprint density at radius 1 is 1.62 bits per heavy atom. The smallest absolute Gasteiger partial charge is 0.255 e. The molecular formula is C8H11NO4. The molecule has 13 heavy (non-hydrogen) atoms. The largest absolute Gasteiger partial charge is 0.388 e. The van der Waals surface area contributed by atoms with E-state index in [0.717, 1.165) is 0 Å². The Morgan fingerprint density at radius 2 is 2.31 bits per heavy atom. The molecule has 0 aromatic carbocycles. The number of carbonyl (C=O) groups is 1. The second-order valence-corrected chi connectivity index (χ2v) is 3.41. The Hall–Kier alpha value is -0.650. The van der Waals surface area contributed by atoms with Gasteiger partial charge in [0.2, 0.25) is 0 Å². The van der Waals surface area contributed by atoms with E-state index in [4.69, 9.17) is 11.7 Å². The van der Waals surface area contributed by atoms with E-state index >= 15 is 0 Å². The predicted octanol–water partition coefficient (Wildman–Crippen LogP) is -1.92. The molecule has 3 N–H and O–H groups in total. The molecule has 0 aliphatic carbocycles. The lowest BCUT2D eigenvalue weighted by Crippen LogP contribution is -2.48. The first-order valence-corrected chi connectivity index (χ1v) is 4.16. The zero-order valence-corrected chi connectivity index (χ0v) is 6.93. The Kier molecular flexibility index (Phi) is 1.83. The molecule has 5 heteroatoms. The third kappa shape index (κ3) is 1.01. The Morgan fingerprint density at radius 3 is 2.69 bits per heavy atom. The molecule has 0 saturated carbocycles. The van der Waals surface area contributed by atoms with Gasteiger partial charge in [-0.25, -0.2) is 0 Å². The summed E-state index contributed by atoms with van der Waals surface area (Å²) in [4.78, 5) is 11.3. The van der Waals surface area contributed by atoms with Crippen LogP contribution < -0.4 is 5.32 Å². The first-order valence-electron chi connectivity index (χ1n) is 4.16. The van der Waals surface area contributed by atoms with Crippen LogP contribution in [0.25, 0.3) is 0 Å². The van der Waals surface area contributed by atoms with Gasteiger partial charge in [-0.05, 0) is 6.92 Å². The fraction of sp³-hybridized carbons (Fsp3) is 0.750. The van der Waals surface area contributed by atoms with E-state index < -0.39 is 29.8 Å². The first kappa shape index (κ1) is 8.93. The van der Waals surface area contributed by atoms with Crippen molar-refractivity contribution >= 4 is 5.91 Å². The van der Waals surface area contributed by atoms with Crippen molar-refractivity contribution in [2.45, 2.75) is 30.3 Å². The van der Waals surface area contributed by atoms with E-state index in [0.29, 0.717) is 13.0 Å². The lowest BCUT2D eigenvalue weighted by atomic mass is 9.93. The molecule has 2 aliphatic rings. The Bertz CT molecular complexity index is 244. The van der Waals surface area contributed by atoms with Crippen molar-refractivity contribution in [3.63, 3.8) is 0 Å². The lowest BCUT2D eigenvalue weighted by Gasteiger charge is -2.23. The van der Waals surface area contributed by atoms with Crippen LogP contribution in [0.5, 0.6) is 0 Å². The van der Waals surface area contributed by atoms with Crippen LogP contribution in [0.3, 0.4) is 0 Å². The average molecular weight is 185 g/mol. The second kappa shape index (κ2) is 2.67. The van der Waals surface area contributed by atoms with Crippen LogP contribution in [0.1, 0.15) is 6.42 Å². The van der Waals surface area contributed by atoms with E-state index in [1.807, 2.05) is 0 Å². The number of aliphatic hydroxyl groups excluding tert-OH is 2. The number of rotatable bonds is 0. The highest BCUT2D eigenvalue weighted by Crippen LogP contribution is 2.36. The van der Waals surface area contributed by atoms with Gasteiger partial charge in [0.1, 0.15) is 12.2 Å². The Balaban J connectivity index is 2.29. The topological polar surface area (TPSA) is 78.8 Å². The summed E-state index contributed by atoms with van der Waals surface area (Å²) < 4.78 is 5.11. The zero-order valence-electron chi connectivity index (χ0n) is 6.93. The molecular weight excluding hydrogens is 174 g/mol. The minimum atomic E-state index is -1.32. The number of ether oxygens (including phenoxy) is 1. The van der Waals surface area contributed by atoms with E-state index in [-0.39, 0.29) is 0 Å². The number of amides is 1. The molecule has 2 aliphatic heterocycles. The maximum Gasteiger partial charge on any atom is 0.255 e. The van der Waals surface area contributed by atoms with Gasteiger partial charge in [-0.3, -0.25) is 4.79 Å². The van der Waals surface area contributed by atoms with Crippen LogP contribution in [0.4, 0.5) is 0 Å². The van der Waals surface area contributed by atoms with Crippen molar-refractivity contribution in [2.24, 2.45) is 0 Å². The minimum Gasteiger partial charge on any atom is -0.388 e. The SMILES string of the molecule is [CH][C@@H]1OC2(CCNC2=O)[C@H](O)C1O. The Labute approximate surface area is 75.7 Å². The summed E-state index contributed by atoms with van der Waals surface area (Å²) in [5.74, 6) is -0.396. The molecule has 1 spiro atoms. The van der Waals surface area contributed by atoms with E-state index in [2.05, 4.69) is 5.32 Å². The summed E-state index contributed by atoms with van der Waals surface area (Å²) in [6.07, 6.45) is -3.06. The number of hydrogen-bond donors (Lipinski definition) is 3. The van der Waals surface area contributed by atoms with Gasteiger partial charge >= 0.3 is 0 Å². The van der Waals surface area contributed by atoms with Gasteiger partial charge in [-0.15, -0.1) is 0 Å². The summed E-state index contributed by atoms with van der Waals surface area (Å²) in [5.41, 5.74) is -1.32. The molecule has 0 aromatic heterocycles. The number of aliphatic hydroxyl groups is 2. The molecule has 5 nitrogen and oxygen atoms in total. The van der Waals surface area contributed by atoms with Gasteiger partial charge in [0.25, 0.3) is 5.91 Å². The van der Waals surface area contributed by atoms with Crippen molar-refractivity contribution in [1.82, 2.24) is 5.32 Å². The van der Waals surface area contributed by atoms with E-state index in [1.165, 1.54) is 0 Å². The lowest BCUT2D eigenvalue weighted by molar-refractivity contribution is -0.146. The van der Waals surface area contributed by atoms with Crippen LogP contribution in [0.2, 0.25) is 0 Å². The molecule has 1 amide bonds. The van der Waals surface area contributed by atoms with Gasteiger partial charge in [-0.1, -0.05) is 0 Å². The summed E-state index contributed by atoms with van der Waals surface area (Å²) in [6, 6.07) is 0. The first-order chi connectivity index (χ1) is 6.08. The monoisotopic (exact) mass is 185 g/mol. The van der Waals surface area contributed by atoms with Crippen molar-refractivity contribution < 1.29 is 19.7 Å². The maximum atomic E-state index is 11.3. The summed E-state index contributed by atoms with van der Waals surface area (Å²) in [6.45, 7) is 5.81. The highest BCUT2D eigenvalue weighted by atomic mass is 16.6. The molecule has 2 fully saturated rings. The van der Waals surface area contributed by atoms with Crippen LogP contribution in [-0.2, 0) is 9.53 Å². The van der Waals surface area contributed by atoms with Crippen molar-refractivity contribution in [1.29, 1.82) is 0 Å². The second-order valence-electron chi connectivity index (χ2n) is 3.41. The van der Waals surface area contributed by atoms with Gasteiger partial charge in [0.05, 0.1) is 6.10 Å². The molecule has 0 bridgehead atoms. The molecule has 2 radical (unpaired) electrons. The number of nitrogens with one attached hydrogen (secondary N) is 1. The fourth-order valence-corrected chi connectivity index (χ4v) is 1.86. The van der Waals surface area contributed by atoms with Crippen molar-refractivity contribution in [3.8, 4) is 0 Å². The number of hydrogen-bond acceptors (Lipinski definition) is 4. The van der Waals surface area contributed by atoms with Crippen LogP contribution >= 0.6 is 0 Å². The molecule has 2 heterocycles. The molecule has 2 unspecified atom stereocenters. The summed E-state index contributed by atoms with van der Waals surface area (Å²) >= 11 is 0. The molecule has 2 saturated heterocycles.